The summed E-state index contributed by atoms with van der Waals surface area (Å²) in [6.45, 7) is 0. The number of nitrogens with one attached hydrogen (secondary N) is 3. The van der Waals surface area contributed by atoms with Crippen molar-refractivity contribution in [3.8, 4) is 22.8 Å². The number of hydrogen-bond acceptors (Lipinski definition) is 8. The fourth-order valence-corrected chi connectivity index (χ4v) is 7.17. The Morgan fingerprint density at radius 2 is 1.51 bits per heavy atom. The summed E-state index contributed by atoms with van der Waals surface area (Å²) in [6.07, 6.45) is 1.53. The van der Waals surface area contributed by atoms with Crippen LogP contribution in [0.1, 0.15) is 26.7 Å². The van der Waals surface area contributed by atoms with Gasteiger partial charge in [-0.1, -0.05) is 78.3 Å². The van der Waals surface area contributed by atoms with E-state index in [0.717, 1.165) is 16.0 Å². The number of thiazole rings is 1. The largest absolute Gasteiger partial charge is 0.497 e. The lowest BCUT2D eigenvalue weighted by Crippen LogP contribution is -2.30. The molecule has 0 bridgehead atoms. The van der Waals surface area contributed by atoms with E-state index in [-0.39, 0.29) is 11.6 Å². The zero-order valence-corrected chi connectivity index (χ0v) is 30.9. The van der Waals surface area contributed by atoms with Crippen LogP contribution in [0.5, 0.6) is 11.5 Å². The number of hydrogen-bond donors (Lipinski definition) is 3. The monoisotopic (exact) mass is 760 g/mol. The molecule has 266 valence electrons. The third-order valence-electron chi connectivity index (χ3n) is 7.86. The summed E-state index contributed by atoms with van der Waals surface area (Å²) < 4.78 is 10.9. The zero-order valence-electron chi connectivity index (χ0n) is 28.5. The summed E-state index contributed by atoms with van der Waals surface area (Å²) in [7, 11) is 3.06. The molecule has 0 aliphatic carbocycles. The molecule has 6 rings (SSSR count). The number of amides is 3. The van der Waals surface area contributed by atoms with Gasteiger partial charge in [0.1, 0.15) is 22.4 Å². The van der Waals surface area contributed by atoms with Gasteiger partial charge in [-0.15, -0.1) is 23.1 Å². The number of rotatable bonds is 13. The minimum Gasteiger partial charge on any atom is -0.497 e. The molecule has 53 heavy (non-hydrogen) atoms. The molecule has 0 saturated heterocycles. The van der Waals surface area contributed by atoms with Crippen LogP contribution in [0.2, 0.25) is 5.02 Å². The lowest BCUT2D eigenvalue weighted by Gasteiger charge is -2.17. The van der Waals surface area contributed by atoms with Gasteiger partial charge >= 0.3 is 0 Å². The number of thioether (sulfide) groups is 1. The number of benzene rings is 5. The van der Waals surface area contributed by atoms with Crippen molar-refractivity contribution in [2.45, 2.75) is 10.1 Å². The highest BCUT2D eigenvalue weighted by molar-refractivity contribution is 8.00. The summed E-state index contributed by atoms with van der Waals surface area (Å²) in [5.41, 5.74) is 3.66. The number of carbonyl (C=O) groups excluding carboxylic acids is 3. The molecular formula is C41H33ClN4O5S2. The van der Waals surface area contributed by atoms with Crippen molar-refractivity contribution in [1.29, 1.82) is 0 Å². The molecule has 3 N–H and O–H groups in total. The first-order valence-electron chi connectivity index (χ1n) is 16.3. The first-order valence-corrected chi connectivity index (χ1v) is 18.4. The molecule has 0 fully saturated rings. The van der Waals surface area contributed by atoms with Crippen molar-refractivity contribution in [3.63, 3.8) is 0 Å². The molecule has 0 aliphatic rings. The summed E-state index contributed by atoms with van der Waals surface area (Å²) in [4.78, 5) is 46.0. The normalized spacial score (nSPS) is 11.6. The van der Waals surface area contributed by atoms with E-state index in [1.807, 2.05) is 66.0 Å². The van der Waals surface area contributed by atoms with E-state index >= 15 is 0 Å². The zero-order chi connectivity index (χ0) is 37.2. The van der Waals surface area contributed by atoms with Gasteiger partial charge in [0.15, 0.2) is 5.13 Å². The van der Waals surface area contributed by atoms with E-state index in [0.29, 0.717) is 44.2 Å². The molecule has 0 spiro atoms. The first kappa shape index (κ1) is 36.9. The van der Waals surface area contributed by atoms with Gasteiger partial charge in [0.25, 0.3) is 11.8 Å². The molecule has 9 nitrogen and oxygen atoms in total. The first-order chi connectivity index (χ1) is 25.8. The standard InChI is InChI=1S/C41H33ClN4O5S2/c1-50-30-19-22-36(51-2)28(23-30)24-34(44-38(47)27-13-7-4-8-14-27)39(48)43-29-17-20-31(21-18-29)53-37(26-11-5-3-6-12-26)40(49)46-41-45-35(25-52-41)32-15-9-10-16-33(32)42/h3-25,37H,1-2H3,(H,43,48)(H,44,47)(H,45,46,49)/b34-24-. The lowest BCUT2D eigenvalue weighted by atomic mass is 10.1. The molecule has 1 atom stereocenters. The van der Waals surface area contributed by atoms with Gasteiger partial charge in [-0.05, 0) is 72.3 Å². The summed E-state index contributed by atoms with van der Waals surface area (Å²) in [5, 5.41) is 10.9. The van der Waals surface area contributed by atoms with E-state index in [1.165, 1.54) is 43.4 Å². The highest BCUT2D eigenvalue weighted by atomic mass is 35.5. The Bertz CT molecular complexity index is 2250. The maximum Gasteiger partial charge on any atom is 0.272 e. The SMILES string of the molecule is COc1ccc(OC)c(/C=C(\NC(=O)c2ccccc2)C(=O)Nc2ccc(SC(C(=O)Nc3nc(-c4ccccc4Cl)cs3)c3ccccc3)cc2)c1. The molecule has 0 aliphatic heterocycles. The van der Waals surface area contributed by atoms with E-state index in [9.17, 15) is 14.4 Å². The van der Waals surface area contributed by atoms with Gasteiger partial charge in [-0.25, -0.2) is 4.98 Å². The third-order valence-corrected chi connectivity index (χ3v) is 10.2. The molecule has 3 amide bonds. The Kier molecular flexibility index (Phi) is 12.2. The van der Waals surface area contributed by atoms with Crippen molar-refractivity contribution in [3.05, 3.63) is 160 Å². The Morgan fingerprint density at radius 3 is 2.21 bits per heavy atom. The van der Waals surface area contributed by atoms with Crippen LogP contribution in [0.3, 0.4) is 0 Å². The van der Waals surface area contributed by atoms with Crippen molar-refractivity contribution >= 4 is 69.3 Å². The minimum atomic E-state index is -0.607. The Labute approximate surface area is 320 Å². The van der Waals surface area contributed by atoms with E-state index in [2.05, 4.69) is 20.9 Å². The average molecular weight is 761 g/mol. The third kappa shape index (κ3) is 9.52. The molecule has 0 saturated carbocycles. The van der Waals surface area contributed by atoms with E-state index in [1.54, 1.807) is 66.7 Å². The van der Waals surface area contributed by atoms with Gasteiger partial charge in [0, 0.05) is 37.7 Å². The van der Waals surface area contributed by atoms with Crippen LogP contribution in [-0.2, 0) is 9.59 Å². The molecular weight excluding hydrogens is 728 g/mol. The average Bonchev–Trinajstić information content (AvgIpc) is 3.65. The van der Waals surface area contributed by atoms with Crippen LogP contribution in [0.4, 0.5) is 10.8 Å². The Balaban J connectivity index is 1.20. The van der Waals surface area contributed by atoms with Crippen LogP contribution in [0, 0.1) is 0 Å². The van der Waals surface area contributed by atoms with Gasteiger partial charge < -0.3 is 25.4 Å². The van der Waals surface area contributed by atoms with Crippen molar-refractivity contribution in [2.75, 3.05) is 24.9 Å². The number of halogens is 1. The highest BCUT2D eigenvalue weighted by Crippen LogP contribution is 2.38. The highest BCUT2D eigenvalue weighted by Gasteiger charge is 2.24. The predicted molar refractivity (Wildman–Crippen MR) is 213 cm³/mol. The smallest absolute Gasteiger partial charge is 0.272 e. The summed E-state index contributed by atoms with van der Waals surface area (Å²) in [6, 6.07) is 37.8. The molecule has 5 aromatic carbocycles. The van der Waals surface area contributed by atoms with Crippen molar-refractivity contribution in [2.24, 2.45) is 0 Å². The molecule has 12 heteroatoms. The van der Waals surface area contributed by atoms with Crippen LogP contribution >= 0.6 is 34.7 Å². The number of aromatic nitrogens is 1. The van der Waals surface area contributed by atoms with Crippen LogP contribution in [0.25, 0.3) is 17.3 Å². The van der Waals surface area contributed by atoms with Gasteiger partial charge in [-0.2, -0.15) is 0 Å². The van der Waals surface area contributed by atoms with Crippen molar-refractivity contribution < 1.29 is 23.9 Å². The number of carbonyl (C=O) groups is 3. The second-order valence-electron chi connectivity index (χ2n) is 11.4. The lowest BCUT2D eigenvalue weighted by molar-refractivity contribution is -0.116. The number of methoxy groups -OCH3 is 2. The minimum absolute atomic E-state index is 0.00968. The van der Waals surface area contributed by atoms with Crippen molar-refractivity contribution in [1.82, 2.24) is 10.3 Å². The van der Waals surface area contributed by atoms with Crippen LogP contribution in [0.15, 0.2) is 143 Å². The fraction of sp³-hybridized carbons (Fsp3) is 0.0732. The van der Waals surface area contributed by atoms with E-state index in [4.69, 9.17) is 21.1 Å². The predicted octanol–water partition coefficient (Wildman–Crippen LogP) is 9.36. The molecule has 0 radical (unpaired) electrons. The summed E-state index contributed by atoms with van der Waals surface area (Å²) >= 11 is 9.05. The summed E-state index contributed by atoms with van der Waals surface area (Å²) in [5.74, 6) is -0.213. The fourth-order valence-electron chi connectivity index (χ4n) is 5.20. The second-order valence-corrected chi connectivity index (χ2v) is 13.8. The maximum absolute atomic E-state index is 13.7. The molecule has 1 heterocycles. The Morgan fingerprint density at radius 1 is 0.811 bits per heavy atom. The number of nitrogens with zero attached hydrogens (tertiary/aromatic N) is 1. The van der Waals surface area contributed by atoms with Gasteiger partial charge in [0.05, 0.1) is 19.9 Å². The quantitative estimate of drug-likeness (QED) is 0.0793. The topological polar surface area (TPSA) is 119 Å². The second kappa shape index (κ2) is 17.6. The maximum atomic E-state index is 13.7. The number of anilines is 2. The molecule has 1 unspecified atom stereocenters. The number of ether oxygens (including phenoxy) is 2. The van der Waals surface area contributed by atoms with Crippen LogP contribution < -0.4 is 25.4 Å². The molecule has 6 aromatic rings. The molecule has 1 aromatic heterocycles. The van der Waals surface area contributed by atoms with Gasteiger partial charge in [-0.3, -0.25) is 14.4 Å². The van der Waals surface area contributed by atoms with Crippen LogP contribution in [-0.4, -0.2) is 36.9 Å². The Hall–Kier alpha value is -5.88. The van der Waals surface area contributed by atoms with E-state index < -0.39 is 17.1 Å². The van der Waals surface area contributed by atoms with Gasteiger partial charge in [0.2, 0.25) is 5.91 Å².